The van der Waals surface area contributed by atoms with Gasteiger partial charge in [-0.15, -0.1) is 0 Å². The standard InChI is InChI=1S/C16H15ClN4O3/c1-3-24-16(22)11-6-4-10(5-7-11)14-20-12-13(17)18-8-19-15(12)21(14)9-23-2/h4-8H,3,9H2,1-2H3. The number of esters is 1. The number of ether oxygens (including phenoxy) is 2. The molecule has 3 aromatic rings. The minimum atomic E-state index is -0.358. The molecule has 1 aromatic carbocycles. The van der Waals surface area contributed by atoms with Gasteiger partial charge in [0.25, 0.3) is 0 Å². The van der Waals surface area contributed by atoms with E-state index < -0.39 is 0 Å². The fourth-order valence-electron chi connectivity index (χ4n) is 2.35. The van der Waals surface area contributed by atoms with E-state index in [0.717, 1.165) is 5.56 Å². The van der Waals surface area contributed by atoms with Crippen LogP contribution in [-0.2, 0) is 16.2 Å². The first-order valence-corrected chi connectivity index (χ1v) is 7.66. The predicted molar refractivity (Wildman–Crippen MR) is 88.7 cm³/mol. The van der Waals surface area contributed by atoms with Crippen LogP contribution in [0.25, 0.3) is 22.6 Å². The average Bonchev–Trinajstić information content (AvgIpc) is 2.96. The lowest BCUT2D eigenvalue weighted by Crippen LogP contribution is -2.05. The van der Waals surface area contributed by atoms with E-state index in [4.69, 9.17) is 21.1 Å². The third kappa shape index (κ3) is 2.95. The van der Waals surface area contributed by atoms with Crippen LogP contribution in [0.15, 0.2) is 30.6 Å². The summed E-state index contributed by atoms with van der Waals surface area (Å²) >= 11 is 6.10. The molecule has 8 heteroatoms. The van der Waals surface area contributed by atoms with Crippen LogP contribution in [0, 0.1) is 0 Å². The molecule has 2 heterocycles. The minimum absolute atomic E-state index is 0.263. The maximum atomic E-state index is 11.7. The quantitative estimate of drug-likeness (QED) is 0.522. The number of aromatic nitrogens is 4. The highest BCUT2D eigenvalue weighted by molar-refractivity contribution is 6.33. The van der Waals surface area contributed by atoms with Gasteiger partial charge in [0.15, 0.2) is 10.8 Å². The lowest BCUT2D eigenvalue weighted by atomic mass is 10.1. The lowest BCUT2D eigenvalue weighted by Gasteiger charge is -2.08. The van der Waals surface area contributed by atoms with Gasteiger partial charge in [0.2, 0.25) is 0 Å². The van der Waals surface area contributed by atoms with Crippen molar-refractivity contribution in [1.82, 2.24) is 19.5 Å². The molecule has 0 saturated carbocycles. The smallest absolute Gasteiger partial charge is 0.338 e. The first kappa shape index (κ1) is 16.4. The van der Waals surface area contributed by atoms with Gasteiger partial charge in [-0.1, -0.05) is 23.7 Å². The number of halogens is 1. The number of imidazole rings is 1. The highest BCUT2D eigenvalue weighted by Crippen LogP contribution is 2.27. The van der Waals surface area contributed by atoms with E-state index in [-0.39, 0.29) is 17.9 Å². The van der Waals surface area contributed by atoms with Crippen LogP contribution in [0.5, 0.6) is 0 Å². The molecule has 0 N–H and O–H groups in total. The Labute approximate surface area is 143 Å². The van der Waals surface area contributed by atoms with Crippen molar-refractivity contribution in [2.75, 3.05) is 13.7 Å². The van der Waals surface area contributed by atoms with Crippen LogP contribution < -0.4 is 0 Å². The molecule has 7 nitrogen and oxygen atoms in total. The van der Waals surface area contributed by atoms with E-state index in [1.165, 1.54) is 6.33 Å². The molecule has 0 saturated heterocycles. The SMILES string of the molecule is CCOC(=O)c1ccc(-c2nc3c(Cl)ncnc3n2COC)cc1. The first-order valence-electron chi connectivity index (χ1n) is 7.29. The predicted octanol–water partition coefficient (Wildman–Crippen LogP) is 2.93. The van der Waals surface area contributed by atoms with Gasteiger partial charge in [0.1, 0.15) is 24.4 Å². The molecule has 0 bridgehead atoms. The molecule has 0 aliphatic heterocycles. The summed E-state index contributed by atoms with van der Waals surface area (Å²) in [4.78, 5) is 24.4. The average molecular weight is 347 g/mol. The number of carbonyl (C=O) groups excluding carboxylic acids is 1. The summed E-state index contributed by atoms with van der Waals surface area (Å²) in [5.74, 6) is 0.271. The Balaban J connectivity index is 2.07. The molecule has 0 unspecified atom stereocenters. The second-order valence-electron chi connectivity index (χ2n) is 4.92. The monoisotopic (exact) mass is 346 g/mol. The molecule has 0 fully saturated rings. The van der Waals surface area contributed by atoms with Crippen molar-refractivity contribution in [3.05, 3.63) is 41.3 Å². The molecule has 0 radical (unpaired) electrons. The normalized spacial score (nSPS) is 11.0. The summed E-state index contributed by atoms with van der Waals surface area (Å²) in [7, 11) is 1.59. The van der Waals surface area contributed by atoms with Crippen LogP contribution >= 0.6 is 11.6 Å². The van der Waals surface area contributed by atoms with Crippen LogP contribution in [-0.4, -0.2) is 39.2 Å². The van der Waals surface area contributed by atoms with Gasteiger partial charge in [-0.25, -0.2) is 19.7 Å². The number of carbonyl (C=O) groups is 1. The number of benzene rings is 1. The van der Waals surface area contributed by atoms with E-state index in [1.54, 1.807) is 42.9 Å². The summed E-state index contributed by atoms with van der Waals surface area (Å²) in [6.45, 7) is 2.37. The highest BCUT2D eigenvalue weighted by Gasteiger charge is 2.17. The van der Waals surface area contributed by atoms with Crippen LogP contribution in [0.3, 0.4) is 0 Å². The Kier molecular flexibility index (Phi) is 4.73. The van der Waals surface area contributed by atoms with Crippen molar-refractivity contribution in [2.45, 2.75) is 13.7 Å². The van der Waals surface area contributed by atoms with E-state index in [1.807, 2.05) is 0 Å². The Bertz CT molecular complexity index is 877. The Morgan fingerprint density at radius 1 is 1.25 bits per heavy atom. The maximum Gasteiger partial charge on any atom is 0.338 e. The number of hydrogen-bond donors (Lipinski definition) is 0. The van der Waals surface area contributed by atoms with Crippen molar-refractivity contribution >= 4 is 28.7 Å². The summed E-state index contributed by atoms with van der Waals surface area (Å²) < 4.78 is 12.0. The van der Waals surface area contributed by atoms with Crippen LogP contribution in [0.4, 0.5) is 0 Å². The van der Waals surface area contributed by atoms with E-state index in [0.29, 0.717) is 29.2 Å². The fraction of sp³-hybridized carbons (Fsp3) is 0.250. The zero-order chi connectivity index (χ0) is 17.1. The largest absolute Gasteiger partial charge is 0.462 e. The zero-order valence-corrected chi connectivity index (χ0v) is 13.9. The van der Waals surface area contributed by atoms with E-state index in [9.17, 15) is 4.79 Å². The highest BCUT2D eigenvalue weighted by atomic mass is 35.5. The summed E-state index contributed by atoms with van der Waals surface area (Å²) in [5.41, 5.74) is 2.36. The Morgan fingerprint density at radius 2 is 2.00 bits per heavy atom. The molecule has 0 atom stereocenters. The molecule has 124 valence electrons. The molecule has 0 spiro atoms. The molecular formula is C16H15ClN4O3. The number of nitrogens with zero attached hydrogens (tertiary/aromatic N) is 4. The molecule has 2 aromatic heterocycles. The number of rotatable bonds is 5. The molecule has 24 heavy (non-hydrogen) atoms. The topological polar surface area (TPSA) is 79.1 Å². The van der Waals surface area contributed by atoms with Crippen LogP contribution in [0.1, 0.15) is 17.3 Å². The summed E-state index contributed by atoms with van der Waals surface area (Å²) in [5, 5.41) is 0.277. The molecule has 0 aliphatic carbocycles. The van der Waals surface area contributed by atoms with Gasteiger partial charge in [-0.05, 0) is 19.1 Å². The van der Waals surface area contributed by atoms with Gasteiger partial charge in [-0.2, -0.15) is 0 Å². The van der Waals surface area contributed by atoms with Gasteiger partial charge in [0, 0.05) is 12.7 Å². The second-order valence-corrected chi connectivity index (χ2v) is 5.27. The molecule has 3 rings (SSSR count). The van der Waals surface area contributed by atoms with Crippen molar-refractivity contribution in [2.24, 2.45) is 0 Å². The third-order valence-electron chi connectivity index (χ3n) is 3.40. The van der Waals surface area contributed by atoms with Gasteiger partial charge >= 0.3 is 5.97 Å². The van der Waals surface area contributed by atoms with E-state index >= 15 is 0 Å². The van der Waals surface area contributed by atoms with E-state index in [2.05, 4.69) is 15.0 Å². The number of methoxy groups -OCH3 is 1. The minimum Gasteiger partial charge on any atom is -0.462 e. The first-order chi connectivity index (χ1) is 11.7. The van der Waals surface area contributed by atoms with Crippen molar-refractivity contribution in [1.29, 1.82) is 0 Å². The summed E-state index contributed by atoms with van der Waals surface area (Å²) in [6, 6.07) is 6.97. The van der Waals surface area contributed by atoms with Crippen molar-refractivity contribution in [3.63, 3.8) is 0 Å². The number of fused-ring (bicyclic) bond motifs is 1. The Morgan fingerprint density at radius 3 is 2.67 bits per heavy atom. The Hall–Kier alpha value is -2.51. The molecular weight excluding hydrogens is 332 g/mol. The molecule has 0 amide bonds. The molecule has 0 aliphatic rings. The van der Waals surface area contributed by atoms with Crippen molar-refractivity contribution in [3.8, 4) is 11.4 Å². The van der Waals surface area contributed by atoms with Gasteiger partial charge in [-0.3, -0.25) is 4.57 Å². The summed E-state index contributed by atoms with van der Waals surface area (Å²) in [6.07, 6.45) is 1.38. The van der Waals surface area contributed by atoms with Gasteiger partial charge in [0.05, 0.1) is 12.2 Å². The maximum absolute atomic E-state index is 11.7. The zero-order valence-electron chi connectivity index (χ0n) is 13.2. The van der Waals surface area contributed by atoms with Gasteiger partial charge < -0.3 is 9.47 Å². The second kappa shape index (κ2) is 6.94. The lowest BCUT2D eigenvalue weighted by molar-refractivity contribution is 0.0526. The van der Waals surface area contributed by atoms with Crippen LogP contribution in [0.2, 0.25) is 5.15 Å². The fourth-order valence-corrected chi connectivity index (χ4v) is 2.52. The van der Waals surface area contributed by atoms with Crippen molar-refractivity contribution < 1.29 is 14.3 Å². The number of hydrogen-bond acceptors (Lipinski definition) is 6. The third-order valence-corrected chi connectivity index (χ3v) is 3.68.